The minimum atomic E-state index is 0.00151. The molecule has 0 atom stereocenters. The van der Waals surface area contributed by atoms with E-state index in [-0.39, 0.29) is 12.5 Å². The summed E-state index contributed by atoms with van der Waals surface area (Å²) < 4.78 is 0. The van der Waals surface area contributed by atoms with Crippen LogP contribution in [0.3, 0.4) is 0 Å². The Balaban J connectivity index is 1.56. The Bertz CT molecular complexity index is 822. The molecule has 1 aromatic carbocycles. The van der Waals surface area contributed by atoms with Crippen LogP contribution in [0, 0.1) is 25.2 Å². The lowest BCUT2D eigenvalue weighted by molar-refractivity contribution is -0.129. The Kier molecular flexibility index (Phi) is 5.32. The van der Waals surface area contributed by atoms with Gasteiger partial charge in [-0.05, 0) is 31.5 Å². The van der Waals surface area contributed by atoms with Gasteiger partial charge in [0.2, 0.25) is 5.91 Å². The fourth-order valence-electron chi connectivity index (χ4n) is 2.99. The van der Waals surface area contributed by atoms with Crippen molar-refractivity contribution in [3.05, 3.63) is 47.2 Å². The number of hydrogen-bond donors (Lipinski definition) is 1. The topological polar surface area (TPSA) is 85.2 Å². The summed E-state index contributed by atoms with van der Waals surface area (Å²) in [5, 5.41) is 20.3. The molecule has 3 rings (SSSR count). The predicted molar refractivity (Wildman–Crippen MR) is 99.9 cm³/mol. The van der Waals surface area contributed by atoms with Gasteiger partial charge in [0.05, 0.1) is 12.2 Å². The molecule has 1 aromatic heterocycles. The van der Waals surface area contributed by atoms with Gasteiger partial charge in [-0.3, -0.25) is 4.79 Å². The number of benzene rings is 1. The predicted octanol–water partition coefficient (Wildman–Crippen LogP) is 1.73. The molecule has 0 bridgehead atoms. The molecule has 7 heteroatoms. The van der Waals surface area contributed by atoms with Crippen LogP contribution < -0.4 is 10.2 Å². The fraction of sp³-hybridized carbons (Fsp3) is 0.368. The van der Waals surface area contributed by atoms with E-state index in [1.54, 1.807) is 0 Å². The van der Waals surface area contributed by atoms with Crippen molar-refractivity contribution in [2.45, 2.75) is 13.8 Å². The van der Waals surface area contributed by atoms with E-state index >= 15 is 0 Å². The average Bonchev–Trinajstić information content (AvgIpc) is 2.69. The molecule has 0 radical (unpaired) electrons. The highest BCUT2D eigenvalue weighted by Gasteiger charge is 2.21. The van der Waals surface area contributed by atoms with Gasteiger partial charge in [-0.2, -0.15) is 10.4 Å². The third-order valence-electron chi connectivity index (χ3n) is 4.73. The lowest BCUT2D eigenvalue weighted by Gasteiger charge is -2.36. The molecule has 7 nitrogen and oxygen atoms in total. The van der Waals surface area contributed by atoms with E-state index in [0.29, 0.717) is 24.5 Å². The van der Waals surface area contributed by atoms with Crippen LogP contribution in [0.4, 0.5) is 11.5 Å². The maximum Gasteiger partial charge on any atom is 0.242 e. The molecule has 134 valence electrons. The Morgan fingerprint density at radius 2 is 1.85 bits per heavy atom. The van der Waals surface area contributed by atoms with Crippen molar-refractivity contribution in [3.8, 4) is 6.07 Å². The molecule has 1 aliphatic heterocycles. The number of hydrogen-bond acceptors (Lipinski definition) is 6. The number of nitriles is 1. The summed E-state index contributed by atoms with van der Waals surface area (Å²) in [5.74, 6) is 0.369. The van der Waals surface area contributed by atoms with Crippen LogP contribution in [-0.4, -0.2) is 53.7 Å². The minimum Gasteiger partial charge on any atom is -0.368 e. The molecule has 0 aliphatic carbocycles. The second-order valence-electron chi connectivity index (χ2n) is 6.30. The van der Waals surface area contributed by atoms with E-state index < -0.39 is 0 Å². The zero-order valence-corrected chi connectivity index (χ0v) is 15.1. The number of amides is 1. The SMILES string of the molecule is Cc1nnc(NCC(=O)N2CCN(c3ccccc3)CC2)c(C#N)c1C. The van der Waals surface area contributed by atoms with E-state index in [9.17, 15) is 10.1 Å². The normalized spacial score (nSPS) is 14.0. The van der Waals surface area contributed by atoms with Crippen molar-refractivity contribution >= 4 is 17.4 Å². The van der Waals surface area contributed by atoms with Crippen molar-refractivity contribution in [2.24, 2.45) is 0 Å². The average molecular weight is 350 g/mol. The summed E-state index contributed by atoms with van der Waals surface area (Å²) in [7, 11) is 0. The van der Waals surface area contributed by atoms with Crippen LogP contribution in [0.25, 0.3) is 0 Å². The molecule has 0 unspecified atom stereocenters. The summed E-state index contributed by atoms with van der Waals surface area (Å²) in [5.41, 5.74) is 3.13. The Morgan fingerprint density at radius 1 is 1.15 bits per heavy atom. The van der Waals surface area contributed by atoms with Gasteiger partial charge in [0.1, 0.15) is 11.6 Å². The Hall–Kier alpha value is -3.14. The first kappa shape index (κ1) is 17.7. The van der Waals surface area contributed by atoms with Gasteiger partial charge in [-0.1, -0.05) is 18.2 Å². The molecule has 1 aliphatic rings. The van der Waals surface area contributed by atoms with Crippen molar-refractivity contribution < 1.29 is 4.79 Å². The first-order valence-corrected chi connectivity index (χ1v) is 8.65. The summed E-state index contributed by atoms with van der Waals surface area (Å²) in [4.78, 5) is 16.6. The van der Waals surface area contributed by atoms with Crippen molar-refractivity contribution in [1.29, 1.82) is 5.26 Å². The first-order valence-electron chi connectivity index (χ1n) is 8.65. The molecule has 2 aromatic rings. The van der Waals surface area contributed by atoms with Crippen molar-refractivity contribution in [1.82, 2.24) is 15.1 Å². The fourth-order valence-corrected chi connectivity index (χ4v) is 2.99. The van der Waals surface area contributed by atoms with Crippen LogP contribution >= 0.6 is 0 Å². The molecule has 0 spiro atoms. The van der Waals surface area contributed by atoms with Gasteiger partial charge < -0.3 is 15.1 Å². The number of aromatic nitrogens is 2. The third-order valence-corrected chi connectivity index (χ3v) is 4.73. The molecule has 0 saturated carbocycles. The van der Waals surface area contributed by atoms with Crippen LogP contribution in [0.5, 0.6) is 0 Å². The van der Waals surface area contributed by atoms with Gasteiger partial charge >= 0.3 is 0 Å². The van der Waals surface area contributed by atoms with Gasteiger partial charge in [-0.15, -0.1) is 5.10 Å². The van der Waals surface area contributed by atoms with Gasteiger partial charge in [-0.25, -0.2) is 0 Å². The number of nitrogens with one attached hydrogen (secondary N) is 1. The Labute approximate surface area is 153 Å². The monoisotopic (exact) mass is 350 g/mol. The van der Waals surface area contributed by atoms with E-state index in [2.05, 4.69) is 38.6 Å². The third kappa shape index (κ3) is 3.75. The summed E-state index contributed by atoms with van der Waals surface area (Å²) >= 11 is 0. The number of carbonyl (C=O) groups is 1. The molecule has 1 N–H and O–H groups in total. The van der Waals surface area contributed by atoms with Gasteiger partial charge in [0.15, 0.2) is 5.82 Å². The molecule has 1 saturated heterocycles. The molecule has 2 heterocycles. The smallest absolute Gasteiger partial charge is 0.242 e. The lowest BCUT2D eigenvalue weighted by Crippen LogP contribution is -2.50. The zero-order valence-electron chi connectivity index (χ0n) is 15.1. The molecular formula is C19H22N6O. The van der Waals surface area contributed by atoms with E-state index in [0.717, 1.165) is 24.3 Å². The quantitative estimate of drug-likeness (QED) is 0.904. The number of carbonyl (C=O) groups excluding carboxylic acids is 1. The Morgan fingerprint density at radius 3 is 2.50 bits per heavy atom. The highest BCUT2D eigenvalue weighted by Crippen LogP contribution is 2.18. The second-order valence-corrected chi connectivity index (χ2v) is 6.30. The number of piperazine rings is 1. The number of aryl methyl sites for hydroxylation is 1. The maximum absolute atomic E-state index is 12.5. The second kappa shape index (κ2) is 7.83. The highest BCUT2D eigenvalue weighted by atomic mass is 16.2. The lowest BCUT2D eigenvalue weighted by atomic mass is 10.1. The van der Waals surface area contributed by atoms with Crippen molar-refractivity contribution in [2.75, 3.05) is 42.9 Å². The molecule has 1 fully saturated rings. The van der Waals surface area contributed by atoms with E-state index in [4.69, 9.17) is 0 Å². The van der Waals surface area contributed by atoms with E-state index in [1.807, 2.05) is 36.9 Å². The van der Waals surface area contributed by atoms with E-state index in [1.165, 1.54) is 5.69 Å². The molecular weight excluding hydrogens is 328 g/mol. The van der Waals surface area contributed by atoms with Crippen LogP contribution in [0.15, 0.2) is 30.3 Å². The van der Waals surface area contributed by atoms with Gasteiger partial charge in [0.25, 0.3) is 0 Å². The maximum atomic E-state index is 12.5. The number of para-hydroxylation sites is 1. The zero-order chi connectivity index (χ0) is 18.5. The molecule has 26 heavy (non-hydrogen) atoms. The number of nitrogens with zero attached hydrogens (tertiary/aromatic N) is 5. The largest absolute Gasteiger partial charge is 0.368 e. The first-order chi connectivity index (χ1) is 12.6. The minimum absolute atomic E-state index is 0.00151. The summed E-state index contributed by atoms with van der Waals surface area (Å²) in [6, 6.07) is 12.3. The van der Waals surface area contributed by atoms with Crippen molar-refractivity contribution in [3.63, 3.8) is 0 Å². The summed E-state index contributed by atoms with van der Waals surface area (Å²) in [6.45, 7) is 6.73. The summed E-state index contributed by atoms with van der Waals surface area (Å²) in [6.07, 6.45) is 0. The van der Waals surface area contributed by atoms with Crippen LogP contribution in [0.2, 0.25) is 0 Å². The number of anilines is 2. The number of rotatable bonds is 4. The van der Waals surface area contributed by atoms with Crippen LogP contribution in [-0.2, 0) is 4.79 Å². The van der Waals surface area contributed by atoms with Gasteiger partial charge in [0, 0.05) is 31.9 Å². The standard InChI is InChI=1S/C19H22N6O/c1-14-15(2)22-23-19(17(14)12-20)21-13-18(26)25-10-8-24(9-11-25)16-6-4-3-5-7-16/h3-7H,8-11,13H2,1-2H3,(H,21,23). The van der Waals surface area contributed by atoms with Crippen LogP contribution in [0.1, 0.15) is 16.8 Å². The highest BCUT2D eigenvalue weighted by molar-refractivity contribution is 5.81. The molecule has 1 amide bonds.